The second-order valence-electron chi connectivity index (χ2n) is 6.37. The lowest BCUT2D eigenvalue weighted by Crippen LogP contribution is -2.47. The Balaban J connectivity index is 1.54. The number of hydrogen-bond donors (Lipinski definition) is 0. The first-order valence-electron chi connectivity index (χ1n) is 8.17. The summed E-state index contributed by atoms with van der Waals surface area (Å²) in [5.74, 6) is 0.808. The number of hydrogen-bond acceptors (Lipinski definition) is 5. The Morgan fingerprint density at radius 1 is 1.13 bits per heavy atom. The number of tetrazole rings is 1. The Labute approximate surface area is 135 Å². The van der Waals surface area contributed by atoms with Gasteiger partial charge in [-0.3, -0.25) is 0 Å². The lowest BCUT2D eigenvalue weighted by Gasteiger charge is -2.42. The zero-order valence-corrected chi connectivity index (χ0v) is 13.4. The van der Waals surface area contributed by atoms with Gasteiger partial charge in [-0.2, -0.15) is 4.68 Å². The van der Waals surface area contributed by atoms with Crippen LogP contribution in [0, 0.1) is 0 Å². The summed E-state index contributed by atoms with van der Waals surface area (Å²) < 4.78 is 7.90. The van der Waals surface area contributed by atoms with Gasteiger partial charge in [-0.15, -0.1) is 0 Å². The van der Waals surface area contributed by atoms with E-state index in [1.807, 2.05) is 30.3 Å². The fourth-order valence-electron chi connectivity index (χ4n) is 3.47. The molecule has 0 radical (unpaired) electrons. The molecule has 3 heterocycles. The van der Waals surface area contributed by atoms with Crippen LogP contribution in [-0.4, -0.2) is 45.5 Å². The van der Waals surface area contributed by atoms with Crippen LogP contribution in [0.3, 0.4) is 0 Å². The van der Waals surface area contributed by atoms with Crippen LogP contribution in [0.25, 0.3) is 5.69 Å². The second kappa shape index (κ2) is 5.77. The average molecular weight is 311 g/mol. The largest absolute Gasteiger partial charge is 0.370 e. The molecule has 0 unspecified atom stereocenters. The first-order valence-corrected chi connectivity index (χ1v) is 8.17. The van der Waals surface area contributed by atoms with Gasteiger partial charge in [0.25, 0.3) is 0 Å². The van der Waals surface area contributed by atoms with Gasteiger partial charge in [0.15, 0.2) is 0 Å². The summed E-state index contributed by atoms with van der Waals surface area (Å²) >= 11 is 0. The molecular formula is C17H21N5O. The summed E-state index contributed by atoms with van der Waals surface area (Å²) in [5, 5.41) is 12.3. The zero-order chi connectivity index (χ0) is 15.7. The zero-order valence-electron chi connectivity index (χ0n) is 13.4. The molecule has 1 spiro atoms. The van der Waals surface area contributed by atoms with Crippen LogP contribution in [0.15, 0.2) is 42.0 Å². The molecule has 0 saturated carbocycles. The molecule has 4 rings (SSSR count). The number of rotatable bonds is 2. The lowest BCUT2D eigenvalue weighted by molar-refractivity contribution is -0.0327. The normalized spacial score (nSPS) is 20.6. The predicted octanol–water partition coefficient (Wildman–Crippen LogP) is 2.37. The van der Waals surface area contributed by atoms with Gasteiger partial charge in [0.05, 0.1) is 17.9 Å². The van der Waals surface area contributed by atoms with Crippen molar-refractivity contribution in [3.8, 4) is 5.69 Å². The highest BCUT2D eigenvalue weighted by molar-refractivity contribution is 5.41. The van der Waals surface area contributed by atoms with Crippen LogP contribution in [0.4, 0.5) is 5.95 Å². The predicted molar refractivity (Wildman–Crippen MR) is 87.7 cm³/mol. The molecule has 6 heteroatoms. The molecule has 1 aromatic carbocycles. The van der Waals surface area contributed by atoms with Crippen molar-refractivity contribution in [2.24, 2.45) is 0 Å². The van der Waals surface area contributed by atoms with Gasteiger partial charge in [-0.25, -0.2) is 0 Å². The van der Waals surface area contributed by atoms with Gasteiger partial charge in [-0.05, 0) is 48.7 Å². The molecule has 0 bridgehead atoms. The maximum atomic E-state index is 6.10. The molecule has 0 N–H and O–H groups in total. The Morgan fingerprint density at radius 2 is 1.91 bits per heavy atom. The van der Waals surface area contributed by atoms with E-state index in [0.717, 1.165) is 50.6 Å². The van der Waals surface area contributed by atoms with E-state index < -0.39 is 0 Å². The van der Waals surface area contributed by atoms with E-state index in [1.54, 1.807) is 4.68 Å². The highest BCUT2D eigenvalue weighted by Gasteiger charge is 2.36. The van der Waals surface area contributed by atoms with Gasteiger partial charge < -0.3 is 9.64 Å². The number of ether oxygens (including phenoxy) is 1. The molecule has 2 aliphatic heterocycles. The summed E-state index contributed by atoms with van der Waals surface area (Å²) in [6.07, 6.45) is 5.34. The first kappa shape index (κ1) is 14.4. The van der Waals surface area contributed by atoms with E-state index in [1.165, 1.54) is 5.57 Å². The third kappa shape index (κ3) is 2.74. The van der Waals surface area contributed by atoms with Gasteiger partial charge in [-0.1, -0.05) is 34.9 Å². The summed E-state index contributed by atoms with van der Waals surface area (Å²) in [6.45, 7) is 4.84. The van der Waals surface area contributed by atoms with Gasteiger partial charge in [0, 0.05) is 13.1 Å². The molecule has 0 amide bonds. The molecule has 1 aromatic heterocycles. The Hall–Kier alpha value is -2.21. The molecular weight excluding hydrogens is 290 g/mol. The molecule has 2 aliphatic rings. The first-order chi connectivity index (χ1) is 11.3. The quantitative estimate of drug-likeness (QED) is 0.797. The van der Waals surface area contributed by atoms with Gasteiger partial charge in [0.2, 0.25) is 5.95 Å². The summed E-state index contributed by atoms with van der Waals surface area (Å²) in [7, 11) is 0. The highest BCUT2D eigenvalue weighted by Crippen LogP contribution is 2.34. The minimum Gasteiger partial charge on any atom is -0.370 e. The van der Waals surface area contributed by atoms with E-state index in [9.17, 15) is 0 Å². The van der Waals surface area contributed by atoms with Crippen molar-refractivity contribution in [2.75, 3.05) is 24.6 Å². The highest BCUT2D eigenvalue weighted by atomic mass is 16.5. The van der Waals surface area contributed by atoms with Crippen molar-refractivity contribution in [1.29, 1.82) is 0 Å². The lowest BCUT2D eigenvalue weighted by atomic mass is 9.87. The van der Waals surface area contributed by atoms with Crippen molar-refractivity contribution in [3.05, 3.63) is 42.0 Å². The van der Waals surface area contributed by atoms with Crippen LogP contribution in [-0.2, 0) is 4.74 Å². The maximum absolute atomic E-state index is 6.10. The summed E-state index contributed by atoms with van der Waals surface area (Å²) in [5.41, 5.74) is 2.35. The summed E-state index contributed by atoms with van der Waals surface area (Å²) in [4.78, 5) is 2.25. The van der Waals surface area contributed by atoms with E-state index in [2.05, 4.69) is 33.4 Å². The number of para-hydroxylation sites is 1. The third-order valence-corrected chi connectivity index (χ3v) is 4.74. The van der Waals surface area contributed by atoms with Crippen molar-refractivity contribution >= 4 is 5.95 Å². The van der Waals surface area contributed by atoms with Crippen molar-refractivity contribution < 1.29 is 4.74 Å². The monoisotopic (exact) mass is 311 g/mol. The van der Waals surface area contributed by atoms with E-state index in [4.69, 9.17) is 4.74 Å². The van der Waals surface area contributed by atoms with Crippen molar-refractivity contribution in [1.82, 2.24) is 20.2 Å². The van der Waals surface area contributed by atoms with Crippen LogP contribution in [0.5, 0.6) is 0 Å². The Bertz CT molecular complexity index is 701. The molecule has 23 heavy (non-hydrogen) atoms. The van der Waals surface area contributed by atoms with Crippen LogP contribution < -0.4 is 4.90 Å². The number of piperidine rings is 1. The number of nitrogens with zero attached hydrogens (tertiary/aromatic N) is 5. The molecule has 0 aliphatic carbocycles. The SMILES string of the molecule is CC1=CC2(CCN(c3nnnn3-c3ccccc3)CC2)OCC1. The number of aromatic nitrogens is 4. The molecule has 1 saturated heterocycles. The van der Waals surface area contributed by atoms with Gasteiger partial charge in [0.1, 0.15) is 0 Å². The van der Waals surface area contributed by atoms with Gasteiger partial charge >= 0.3 is 0 Å². The van der Waals surface area contributed by atoms with Crippen LogP contribution >= 0.6 is 0 Å². The van der Waals surface area contributed by atoms with E-state index in [0.29, 0.717) is 0 Å². The number of anilines is 1. The summed E-state index contributed by atoms with van der Waals surface area (Å²) in [6, 6.07) is 10.0. The maximum Gasteiger partial charge on any atom is 0.250 e. The molecule has 120 valence electrons. The van der Waals surface area contributed by atoms with Crippen LogP contribution in [0.1, 0.15) is 26.2 Å². The fraction of sp³-hybridized carbons (Fsp3) is 0.471. The van der Waals surface area contributed by atoms with E-state index >= 15 is 0 Å². The Kier molecular flexibility index (Phi) is 3.61. The molecule has 6 nitrogen and oxygen atoms in total. The second-order valence-corrected chi connectivity index (χ2v) is 6.37. The molecule has 2 aromatic rings. The average Bonchev–Trinajstić information content (AvgIpc) is 3.06. The topological polar surface area (TPSA) is 56.1 Å². The van der Waals surface area contributed by atoms with E-state index in [-0.39, 0.29) is 5.60 Å². The van der Waals surface area contributed by atoms with Crippen LogP contribution in [0.2, 0.25) is 0 Å². The minimum absolute atomic E-state index is 0.0795. The molecule has 0 atom stereocenters. The fourth-order valence-corrected chi connectivity index (χ4v) is 3.47. The standard InChI is InChI=1S/C17H21N5O/c1-14-7-12-23-17(13-14)8-10-21(11-9-17)16-18-19-20-22(16)15-5-3-2-4-6-15/h2-6,13H,7-12H2,1H3. The Morgan fingerprint density at radius 3 is 2.65 bits per heavy atom. The van der Waals surface area contributed by atoms with Crippen molar-refractivity contribution in [2.45, 2.75) is 31.8 Å². The van der Waals surface area contributed by atoms with Crippen molar-refractivity contribution in [3.63, 3.8) is 0 Å². The smallest absolute Gasteiger partial charge is 0.250 e. The third-order valence-electron chi connectivity index (χ3n) is 4.74. The minimum atomic E-state index is -0.0795. The number of benzene rings is 1. The molecule has 1 fully saturated rings.